The molecule has 1 aromatic carbocycles. The van der Waals surface area contributed by atoms with E-state index in [-0.39, 0.29) is 0 Å². The zero-order valence-electron chi connectivity index (χ0n) is 8.61. The van der Waals surface area contributed by atoms with Crippen LogP contribution in [0.4, 0.5) is 5.13 Å². The average Bonchev–Trinajstić information content (AvgIpc) is 2.66. The van der Waals surface area contributed by atoms with Gasteiger partial charge in [-0.15, -0.1) is 11.3 Å². The van der Waals surface area contributed by atoms with Gasteiger partial charge in [0.25, 0.3) is 0 Å². The maximum Gasteiger partial charge on any atom is 0.183 e. The van der Waals surface area contributed by atoms with E-state index in [2.05, 4.69) is 50.5 Å². The first-order chi connectivity index (χ1) is 7.83. The second-order valence-corrected chi connectivity index (χ2v) is 5.63. The molecule has 4 heteroatoms. The minimum absolute atomic E-state index is 0.652. The lowest BCUT2D eigenvalue weighted by atomic mass is 9.78. The molecule has 1 aliphatic rings. The molecule has 1 heterocycles. The fourth-order valence-electron chi connectivity index (χ4n) is 2.09. The predicted molar refractivity (Wildman–Crippen MR) is 71.2 cm³/mol. The van der Waals surface area contributed by atoms with Gasteiger partial charge in [0.2, 0.25) is 0 Å². The molecule has 0 saturated carbocycles. The Hall–Kier alpha value is -0.870. The summed E-state index contributed by atoms with van der Waals surface area (Å²) in [4.78, 5) is 4.32. The number of nitrogens with zero attached hydrogens (tertiary/aromatic N) is 1. The molecule has 0 spiro atoms. The molecule has 2 nitrogen and oxygen atoms in total. The summed E-state index contributed by atoms with van der Waals surface area (Å²) >= 11 is 4.99. The zero-order chi connectivity index (χ0) is 11.0. The summed E-state index contributed by atoms with van der Waals surface area (Å²) in [5.41, 5.74) is 2.99. The van der Waals surface area contributed by atoms with Crippen LogP contribution < -0.4 is 5.32 Å². The molecule has 82 valence electrons. The summed E-state index contributed by atoms with van der Waals surface area (Å²) in [6, 6.07) is 8.67. The number of aromatic nitrogens is 1. The van der Waals surface area contributed by atoms with Gasteiger partial charge in [-0.2, -0.15) is 0 Å². The van der Waals surface area contributed by atoms with Crippen LogP contribution in [0, 0.1) is 0 Å². The van der Waals surface area contributed by atoms with Gasteiger partial charge < -0.3 is 5.32 Å². The summed E-state index contributed by atoms with van der Waals surface area (Å²) in [5, 5.41) is 6.38. The summed E-state index contributed by atoms with van der Waals surface area (Å²) in [7, 11) is 0. The molecule has 0 fully saturated rings. The summed E-state index contributed by atoms with van der Waals surface area (Å²) in [6.45, 7) is 0.983. The van der Waals surface area contributed by atoms with Crippen LogP contribution in [0.1, 0.15) is 17.0 Å². The molecule has 0 saturated heterocycles. The number of halogens is 1. The molecular formula is C12H11BrN2S. The van der Waals surface area contributed by atoms with Gasteiger partial charge >= 0.3 is 0 Å². The molecule has 0 radical (unpaired) electrons. The van der Waals surface area contributed by atoms with Crippen molar-refractivity contribution in [2.24, 2.45) is 0 Å². The number of rotatable bonds is 3. The smallest absolute Gasteiger partial charge is 0.183 e. The Morgan fingerprint density at radius 2 is 2.31 bits per heavy atom. The lowest BCUT2D eigenvalue weighted by molar-refractivity contribution is 0.635. The third kappa shape index (κ3) is 1.87. The first kappa shape index (κ1) is 10.3. The van der Waals surface area contributed by atoms with Gasteiger partial charge in [0.1, 0.15) is 4.60 Å². The third-order valence-corrected chi connectivity index (χ3v) is 4.45. The van der Waals surface area contributed by atoms with Crippen molar-refractivity contribution in [3.05, 3.63) is 45.4 Å². The molecule has 0 bridgehead atoms. The van der Waals surface area contributed by atoms with E-state index in [1.54, 1.807) is 11.3 Å². The Morgan fingerprint density at radius 1 is 1.44 bits per heavy atom. The highest BCUT2D eigenvalue weighted by Crippen LogP contribution is 2.35. The molecule has 0 aliphatic heterocycles. The van der Waals surface area contributed by atoms with Crippen molar-refractivity contribution in [1.29, 1.82) is 0 Å². The van der Waals surface area contributed by atoms with Crippen molar-refractivity contribution in [3.63, 3.8) is 0 Å². The molecule has 3 rings (SSSR count). The van der Waals surface area contributed by atoms with Crippen LogP contribution in [0.2, 0.25) is 0 Å². The second-order valence-electron chi connectivity index (χ2n) is 3.96. The van der Waals surface area contributed by atoms with Gasteiger partial charge in [0.15, 0.2) is 5.13 Å². The highest BCUT2D eigenvalue weighted by Gasteiger charge is 2.24. The van der Waals surface area contributed by atoms with E-state index in [4.69, 9.17) is 0 Å². The van der Waals surface area contributed by atoms with Gasteiger partial charge in [-0.25, -0.2) is 4.98 Å². The Bertz CT molecular complexity index is 509. The van der Waals surface area contributed by atoms with Crippen molar-refractivity contribution < 1.29 is 0 Å². The van der Waals surface area contributed by atoms with Gasteiger partial charge in [-0.1, -0.05) is 24.3 Å². The Balaban J connectivity index is 1.63. The number of thiazole rings is 1. The third-order valence-electron chi connectivity index (χ3n) is 2.94. The summed E-state index contributed by atoms with van der Waals surface area (Å²) in [6.07, 6.45) is 1.19. The van der Waals surface area contributed by atoms with E-state index in [1.165, 1.54) is 17.5 Å². The number of hydrogen-bond donors (Lipinski definition) is 1. The van der Waals surface area contributed by atoms with Crippen molar-refractivity contribution in [3.8, 4) is 0 Å². The monoisotopic (exact) mass is 294 g/mol. The standard InChI is InChI=1S/C12H11BrN2S/c13-11-7-16-12(15-11)14-6-9-5-8-3-1-2-4-10(8)9/h1-4,7,9H,5-6H2,(H,14,15). The highest BCUT2D eigenvalue weighted by atomic mass is 79.9. The number of anilines is 1. The Kier molecular flexibility index (Phi) is 2.69. The molecule has 1 aliphatic carbocycles. The maximum absolute atomic E-state index is 4.32. The van der Waals surface area contributed by atoms with Crippen LogP contribution in [0.3, 0.4) is 0 Å². The number of hydrogen-bond acceptors (Lipinski definition) is 3. The molecule has 1 atom stereocenters. The number of benzene rings is 1. The number of nitrogens with one attached hydrogen (secondary N) is 1. The summed E-state index contributed by atoms with van der Waals surface area (Å²) in [5.74, 6) is 0.652. The van der Waals surface area contributed by atoms with Gasteiger partial charge in [0, 0.05) is 17.8 Å². The van der Waals surface area contributed by atoms with E-state index >= 15 is 0 Å². The van der Waals surface area contributed by atoms with Crippen molar-refractivity contribution >= 4 is 32.4 Å². The molecule has 1 aromatic heterocycles. The van der Waals surface area contributed by atoms with Crippen LogP contribution in [0.5, 0.6) is 0 Å². The fraction of sp³-hybridized carbons (Fsp3) is 0.250. The zero-order valence-corrected chi connectivity index (χ0v) is 11.0. The van der Waals surface area contributed by atoms with Crippen molar-refractivity contribution in [2.45, 2.75) is 12.3 Å². The topological polar surface area (TPSA) is 24.9 Å². The molecule has 0 amide bonds. The largest absolute Gasteiger partial charge is 0.361 e. The normalized spacial score (nSPS) is 17.7. The molecule has 1 N–H and O–H groups in total. The minimum atomic E-state index is 0.652. The van der Waals surface area contributed by atoms with Crippen LogP contribution in [0.25, 0.3) is 0 Å². The lowest BCUT2D eigenvalue weighted by Crippen LogP contribution is -2.24. The lowest BCUT2D eigenvalue weighted by Gasteiger charge is -2.30. The molecule has 1 unspecified atom stereocenters. The van der Waals surface area contributed by atoms with E-state index in [0.717, 1.165) is 16.3 Å². The predicted octanol–water partition coefficient (Wildman–Crippen LogP) is 3.66. The van der Waals surface area contributed by atoms with E-state index in [1.807, 2.05) is 5.38 Å². The molecule has 2 aromatic rings. The molecule has 16 heavy (non-hydrogen) atoms. The first-order valence-electron chi connectivity index (χ1n) is 5.25. The van der Waals surface area contributed by atoms with Crippen molar-refractivity contribution in [1.82, 2.24) is 4.98 Å². The number of fused-ring (bicyclic) bond motifs is 1. The van der Waals surface area contributed by atoms with Crippen LogP contribution in [-0.4, -0.2) is 11.5 Å². The van der Waals surface area contributed by atoms with Crippen LogP contribution >= 0.6 is 27.3 Å². The fourth-order valence-corrected chi connectivity index (χ4v) is 3.25. The van der Waals surface area contributed by atoms with Crippen LogP contribution in [0.15, 0.2) is 34.2 Å². The van der Waals surface area contributed by atoms with Gasteiger partial charge in [0.05, 0.1) is 0 Å². The van der Waals surface area contributed by atoms with Crippen LogP contribution in [-0.2, 0) is 6.42 Å². The SMILES string of the molecule is Brc1csc(NCC2Cc3ccccc32)n1. The van der Waals surface area contributed by atoms with Gasteiger partial charge in [-0.3, -0.25) is 0 Å². The highest BCUT2D eigenvalue weighted by molar-refractivity contribution is 9.10. The van der Waals surface area contributed by atoms with Gasteiger partial charge in [-0.05, 0) is 33.5 Å². The van der Waals surface area contributed by atoms with E-state index in [9.17, 15) is 0 Å². The van der Waals surface area contributed by atoms with E-state index in [0.29, 0.717) is 5.92 Å². The van der Waals surface area contributed by atoms with E-state index < -0.39 is 0 Å². The second kappa shape index (κ2) is 4.18. The Labute approximate surface area is 107 Å². The average molecular weight is 295 g/mol. The first-order valence-corrected chi connectivity index (χ1v) is 6.93. The quantitative estimate of drug-likeness (QED) is 0.934. The van der Waals surface area contributed by atoms with Crippen molar-refractivity contribution in [2.75, 3.05) is 11.9 Å². The maximum atomic E-state index is 4.32. The summed E-state index contributed by atoms with van der Waals surface area (Å²) < 4.78 is 0.911. The Morgan fingerprint density at radius 3 is 3.06 bits per heavy atom. The molecular weight excluding hydrogens is 284 g/mol. The minimum Gasteiger partial charge on any atom is -0.361 e.